The number of fused-ring (bicyclic) bond motifs is 1. The molecule has 0 aliphatic rings. The summed E-state index contributed by atoms with van der Waals surface area (Å²) in [6, 6.07) is 16.3. The van der Waals surface area contributed by atoms with Crippen LogP contribution in [0.3, 0.4) is 0 Å². The molecule has 2 aromatic carbocycles. The summed E-state index contributed by atoms with van der Waals surface area (Å²) in [5, 5.41) is 16.2. The monoisotopic (exact) mass is 482 g/mol. The molecule has 0 saturated carbocycles. The predicted molar refractivity (Wildman–Crippen MR) is 125 cm³/mol. The third-order valence-corrected chi connectivity index (χ3v) is 7.40. The van der Waals surface area contributed by atoms with Gasteiger partial charge < -0.3 is 5.32 Å². The van der Waals surface area contributed by atoms with Crippen LogP contribution < -0.4 is 5.32 Å². The highest BCUT2D eigenvalue weighted by atomic mass is 32.2. The van der Waals surface area contributed by atoms with Crippen molar-refractivity contribution >= 4 is 50.4 Å². The third-order valence-electron chi connectivity index (χ3n) is 4.45. The third kappa shape index (κ3) is 4.54. The Morgan fingerprint density at radius 1 is 1.06 bits per heavy atom. The first-order valence-electron chi connectivity index (χ1n) is 9.54. The van der Waals surface area contributed by atoms with Crippen LogP contribution >= 0.6 is 34.4 Å². The minimum atomic E-state index is -0.247. The molecular formula is C21H15FN6OS3. The van der Waals surface area contributed by atoms with Crippen molar-refractivity contribution in [1.29, 1.82) is 0 Å². The van der Waals surface area contributed by atoms with Gasteiger partial charge in [-0.1, -0.05) is 71.6 Å². The van der Waals surface area contributed by atoms with Crippen molar-refractivity contribution in [3.8, 4) is 11.4 Å². The molecule has 3 aromatic heterocycles. The zero-order valence-corrected chi connectivity index (χ0v) is 18.9. The smallest absolute Gasteiger partial charge is 0.236 e. The molecule has 0 radical (unpaired) electrons. The summed E-state index contributed by atoms with van der Waals surface area (Å²) in [5.41, 5.74) is 1.53. The average Bonchev–Trinajstić information content (AvgIpc) is 3.51. The lowest BCUT2D eigenvalue weighted by Crippen LogP contribution is -2.13. The molecule has 0 aliphatic heterocycles. The molecule has 11 heteroatoms. The number of thioether (sulfide) groups is 1. The lowest BCUT2D eigenvalue weighted by molar-refractivity contribution is -0.113. The molecule has 0 saturated heterocycles. The highest BCUT2D eigenvalue weighted by molar-refractivity contribution is 8.01. The van der Waals surface area contributed by atoms with Crippen molar-refractivity contribution in [3.63, 3.8) is 0 Å². The van der Waals surface area contributed by atoms with Crippen molar-refractivity contribution < 1.29 is 9.18 Å². The van der Waals surface area contributed by atoms with Gasteiger partial charge in [-0.25, -0.2) is 9.37 Å². The average molecular weight is 483 g/mol. The van der Waals surface area contributed by atoms with Crippen LogP contribution in [-0.4, -0.2) is 36.5 Å². The van der Waals surface area contributed by atoms with Crippen LogP contribution in [-0.2, 0) is 11.2 Å². The molecule has 7 nitrogen and oxygen atoms in total. The van der Waals surface area contributed by atoms with Crippen molar-refractivity contribution in [2.75, 3.05) is 11.1 Å². The minimum Gasteiger partial charge on any atom is -0.301 e. The van der Waals surface area contributed by atoms with E-state index in [9.17, 15) is 9.18 Å². The highest BCUT2D eigenvalue weighted by Gasteiger charge is 2.15. The Morgan fingerprint density at radius 3 is 2.72 bits per heavy atom. The summed E-state index contributed by atoms with van der Waals surface area (Å²) < 4.78 is 16.2. The number of nitrogens with one attached hydrogen (secondary N) is 1. The summed E-state index contributed by atoms with van der Waals surface area (Å²) in [5.74, 6) is 0.421. The lowest BCUT2D eigenvalue weighted by atomic mass is 10.1. The van der Waals surface area contributed by atoms with Crippen molar-refractivity contribution in [3.05, 3.63) is 77.1 Å². The van der Waals surface area contributed by atoms with E-state index in [1.165, 1.54) is 40.5 Å². The number of anilines is 1. The van der Waals surface area contributed by atoms with Gasteiger partial charge in [0.1, 0.15) is 5.82 Å². The minimum absolute atomic E-state index is 0.184. The first-order valence-corrected chi connectivity index (χ1v) is 12.2. The largest absolute Gasteiger partial charge is 0.301 e. The first-order chi connectivity index (χ1) is 15.7. The normalized spacial score (nSPS) is 11.2. The van der Waals surface area contributed by atoms with Crippen LogP contribution in [0.2, 0.25) is 0 Å². The van der Waals surface area contributed by atoms with Crippen molar-refractivity contribution in [2.24, 2.45) is 0 Å². The summed E-state index contributed by atoms with van der Waals surface area (Å²) >= 11 is 4.04. The van der Waals surface area contributed by atoms with E-state index in [1.807, 2.05) is 30.3 Å². The van der Waals surface area contributed by atoms with Crippen LogP contribution in [0.5, 0.6) is 0 Å². The Balaban J connectivity index is 1.19. The van der Waals surface area contributed by atoms with Crippen molar-refractivity contribution in [2.45, 2.75) is 10.8 Å². The van der Waals surface area contributed by atoms with Gasteiger partial charge in [-0.05, 0) is 11.6 Å². The molecular weight excluding hydrogens is 467 g/mol. The molecule has 0 spiro atoms. The van der Waals surface area contributed by atoms with E-state index in [0.29, 0.717) is 27.9 Å². The zero-order valence-electron chi connectivity index (χ0n) is 16.4. The Kier molecular flexibility index (Phi) is 5.93. The van der Waals surface area contributed by atoms with E-state index in [4.69, 9.17) is 0 Å². The number of aromatic nitrogens is 5. The van der Waals surface area contributed by atoms with Crippen LogP contribution in [0.15, 0.2) is 65.1 Å². The lowest BCUT2D eigenvalue weighted by Gasteiger charge is -2.00. The van der Waals surface area contributed by atoms with Crippen LogP contribution in [0, 0.1) is 5.82 Å². The number of thiazole rings is 1. The fraction of sp³-hybridized carbons (Fsp3) is 0.0952. The van der Waals surface area contributed by atoms with E-state index in [1.54, 1.807) is 28.9 Å². The number of nitrogens with zero attached hydrogens (tertiary/aromatic N) is 5. The number of hydrogen-bond acceptors (Lipinski definition) is 8. The summed E-state index contributed by atoms with van der Waals surface area (Å²) in [7, 11) is 0. The maximum Gasteiger partial charge on any atom is 0.236 e. The van der Waals surface area contributed by atoms with Crippen LogP contribution in [0.25, 0.3) is 16.3 Å². The van der Waals surface area contributed by atoms with E-state index < -0.39 is 0 Å². The van der Waals surface area contributed by atoms with Gasteiger partial charge in [0, 0.05) is 23.1 Å². The molecule has 3 heterocycles. The summed E-state index contributed by atoms with van der Waals surface area (Å²) in [6.45, 7) is 0. The van der Waals surface area contributed by atoms with Crippen molar-refractivity contribution in [1.82, 2.24) is 24.8 Å². The quantitative estimate of drug-likeness (QED) is 0.337. The fourth-order valence-corrected chi connectivity index (χ4v) is 5.51. The maximum atomic E-state index is 13.8. The predicted octanol–water partition coefficient (Wildman–Crippen LogP) is 4.77. The molecule has 0 aliphatic carbocycles. The molecule has 1 amide bonds. The van der Waals surface area contributed by atoms with E-state index in [2.05, 4.69) is 25.6 Å². The van der Waals surface area contributed by atoms with Gasteiger partial charge in [-0.2, -0.15) is 4.52 Å². The Labute approximate surface area is 194 Å². The highest BCUT2D eigenvalue weighted by Crippen LogP contribution is 2.28. The number of carbonyl (C=O) groups is 1. The number of amides is 1. The van der Waals surface area contributed by atoms with Gasteiger partial charge in [0.25, 0.3) is 0 Å². The first kappa shape index (κ1) is 20.7. The fourth-order valence-electron chi connectivity index (χ4n) is 2.98. The number of hydrogen-bond donors (Lipinski definition) is 1. The maximum absolute atomic E-state index is 13.8. The second-order valence-electron chi connectivity index (χ2n) is 6.69. The van der Waals surface area contributed by atoms with Crippen LogP contribution in [0.1, 0.15) is 10.4 Å². The molecule has 0 atom stereocenters. The molecule has 32 heavy (non-hydrogen) atoms. The van der Waals surface area contributed by atoms with E-state index in [-0.39, 0.29) is 17.5 Å². The number of benzene rings is 2. The second-order valence-corrected chi connectivity index (χ2v) is 9.98. The van der Waals surface area contributed by atoms with E-state index >= 15 is 0 Å². The van der Waals surface area contributed by atoms with Gasteiger partial charge in [0.15, 0.2) is 15.3 Å². The molecule has 5 aromatic rings. The van der Waals surface area contributed by atoms with Gasteiger partial charge in [0.2, 0.25) is 10.9 Å². The Bertz CT molecular complexity index is 1380. The second kappa shape index (κ2) is 9.15. The van der Waals surface area contributed by atoms with E-state index in [0.717, 1.165) is 14.8 Å². The summed E-state index contributed by atoms with van der Waals surface area (Å²) in [6.07, 6.45) is 2.10. The summed E-state index contributed by atoms with van der Waals surface area (Å²) in [4.78, 5) is 18.1. The molecule has 0 bridgehead atoms. The molecule has 1 N–H and O–H groups in total. The van der Waals surface area contributed by atoms with Gasteiger partial charge in [-0.15, -0.1) is 26.6 Å². The molecule has 0 unspecified atom stereocenters. The topological polar surface area (TPSA) is 85.1 Å². The van der Waals surface area contributed by atoms with Gasteiger partial charge in [0.05, 0.1) is 5.75 Å². The molecule has 5 rings (SSSR count). The SMILES string of the molecule is O=C(CSc1nn2c(-c3ccccc3)nnc2s1)Nc1ncc(Cc2ccccc2F)s1. The van der Waals surface area contributed by atoms with Crippen LogP contribution in [0.4, 0.5) is 9.52 Å². The number of halogens is 1. The Hall–Kier alpha value is -3.15. The molecule has 160 valence electrons. The Morgan fingerprint density at radius 2 is 1.88 bits per heavy atom. The zero-order chi connectivity index (χ0) is 21.9. The standard InChI is InChI=1S/C21H15FN6OS3/c22-16-9-5-4-8-14(16)10-15-11-23-19(31-15)24-17(29)12-30-21-27-28-18(25-26-20(28)32-21)13-6-2-1-3-7-13/h1-9,11H,10,12H2,(H,23,24,29). The van der Waals surface area contributed by atoms with Gasteiger partial charge >= 0.3 is 0 Å². The number of rotatable bonds is 7. The molecule has 0 fully saturated rings. The van der Waals surface area contributed by atoms with Gasteiger partial charge in [-0.3, -0.25) is 4.79 Å². The number of carbonyl (C=O) groups excluding carboxylic acids is 1.